The molecule has 0 aliphatic rings. The van der Waals surface area contributed by atoms with Gasteiger partial charge >= 0.3 is 6.09 Å². The Morgan fingerprint density at radius 1 is 1.05 bits per heavy atom. The van der Waals surface area contributed by atoms with E-state index >= 15 is 0 Å². The zero-order valence-corrected chi connectivity index (χ0v) is 12.8. The van der Waals surface area contributed by atoms with Crippen LogP contribution in [0.2, 0.25) is 0 Å². The maximum absolute atomic E-state index is 11.6. The lowest BCUT2D eigenvalue weighted by Gasteiger charge is -2.30. The van der Waals surface area contributed by atoms with E-state index in [0.717, 1.165) is 12.8 Å². The van der Waals surface area contributed by atoms with Gasteiger partial charge < -0.3 is 14.4 Å². The van der Waals surface area contributed by atoms with Crippen molar-refractivity contribution in [3.05, 3.63) is 0 Å². The SMILES string of the molecule is COCCCCC(=O)CCOC(=O)N(C)C(C)(C)C. The van der Waals surface area contributed by atoms with Crippen LogP contribution >= 0.6 is 0 Å². The van der Waals surface area contributed by atoms with Gasteiger partial charge in [-0.2, -0.15) is 0 Å². The van der Waals surface area contributed by atoms with Gasteiger partial charge in [-0.15, -0.1) is 0 Å². The molecule has 0 fully saturated rings. The number of hydrogen-bond donors (Lipinski definition) is 0. The van der Waals surface area contributed by atoms with Crippen molar-refractivity contribution in [1.29, 1.82) is 0 Å². The highest BCUT2D eigenvalue weighted by Gasteiger charge is 2.23. The summed E-state index contributed by atoms with van der Waals surface area (Å²) in [6.45, 7) is 6.61. The molecule has 1 amide bonds. The summed E-state index contributed by atoms with van der Waals surface area (Å²) in [7, 11) is 3.34. The minimum absolute atomic E-state index is 0.127. The topological polar surface area (TPSA) is 55.8 Å². The fraction of sp³-hybridized carbons (Fsp3) is 0.857. The summed E-state index contributed by atoms with van der Waals surface area (Å²) >= 11 is 0. The van der Waals surface area contributed by atoms with Crippen molar-refractivity contribution in [3.8, 4) is 0 Å². The second-order valence-electron chi connectivity index (χ2n) is 5.58. The van der Waals surface area contributed by atoms with Crippen molar-refractivity contribution >= 4 is 11.9 Å². The third-order valence-electron chi connectivity index (χ3n) is 2.94. The molecule has 0 radical (unpaired) electrons. The first-order valence-corrected chi connectivity index (χ1v) is 6.70. The van der Waals surface area contributed by atoms with Crippen molar-refractivity contribution in [1.82, 2.24) is 4.90 Å². The summed E-state index contributed by atoms with van der Waals surface area (Å²) < 4.78 is 9.98. The van der Waals surface area contributed by atoms with Gasteiger partial charge in [0.25, 0.3) is 0 Å². The van der Waals surface area contributed by atoms with Gasteiger partial charge in [-0.25, -0.2) is 4.79 Å². The van der Waals surface area contributed by atoms with Crippen LogP contribution in [0.15, 0.2) is 0 Å². The number of hydrogen-bond acceptors (Lipinski definition) is 4. The first-order chi connectivity index (χ1) is 8.79. The van der Waals surface area contributed by atoms with E-state index in [2.05, 4.69) is 0 Å². The lowest BCUT2D eigenvalue weighted by Crippen LogP contribution is -2.43. The highest BCUT2D eigenvalue weighted by Crippen LogP contribution is 2.11. The summed E-state index contributed by atoms with van der Waals surface area (Å²) in [5.41, 5.74) is -0.277. The van der Waals surface area contributed by atoms with Crippen LogP contribution in [-0.2, 0) is 14.3 Å². The van der Waals surface area contributed by atoms with Crippen LogP contribution < -0.4 is 0 Å². The molecule has 0 N–H and O–H groups in total. The van der Waals surface area contributed by atoms with Crippen molar-refractivity contribution in [2.45, 2.75) is 52.0 Å². The number of amides is 1. The van der Waals surface area contributed by atoms with Crippen LogP contribution in [0.5, 0.6) is 0 Å². The average Bonchev–Trinajstić information content (AvgIpc) is 2.32. The van der Waals surface area contributed by atoms with Crippen LogP contribution in [0.4, 0.5) is 4.79 Å². The lowest BCUT2D eigenvalue weighted by molar-refractivity contribution is -0.119. The second kappa shape index (κ2) is 8.91. The largest absolute Gasteiger partial charge is 0.449 e. The van der Waals surface area contributed by atoms with Gasteiger partial charge in [0, 0.05) is 39.1 Å². The highest BCUT2D eigenvalue weighted by molar-refractivity contribution is 5.78. The molecule has 0 rings (SSSR count). The predicted octanol–water partition coefficient (Wildman–Crippen LogP) is 2.63. The third kappa shape index (κ3) is 8.59. The van der Waals surface area contributed by atoms with Crippen molar-refractivity contribution in [3.63, 3.8) is 0 Å². The number of ketones is 1. The van der Waals surface area contributed by atoms with Crippen LogP contribution in [0.3, 0.4) is 0 Å². The molecule has 0 aromatic rings. The van der Waals surface area contributed by atoms with Crippen molar-refractivity contribution in [2.75, 3.05) is 27.4 Å². The molecule has 0 saturated heterocycles. The van der Waals surface area contributed by atoms with Crippen molar-refractivity contribution in [2.24, 2.45) is 0 Å². The molecular formula is C14H27NO4. The Bertz CT molecular complexity index is 284. The molecular weight excluding hydrogens is 246 g/mol. The molecule has 112 valence electrons. The molecule has 0 heterocycles. The molecule has 5 nitrogen and oxygen atoms in total. The molecule has 0 aliphatic carbocycles. The van der Waals surface area contributed by atoms with Gasteiger partial charge in [-0.3, -0.25) is 4.79 Å². The van der Waals surface area contributed by atoms with Crippen LogP contribution in [0.25, 0.3) is 0 Å². The van der Waals surface area contributed by atoms with E-state index in [0.29, 0.717) is 13.0 Å². The Balaban J connectivity index is 3.73. The summed E-state index contributed by atoms with van der Waals surface area (Å²) in [6.07, 6.45) is 2.13. The Hall–Kier alpha value is -1.10. The molecule has 5 heteroatoms. The Labute approximate surface area is 116 Å². The molecule has 0 aromatic carbocycles. The number of carbonyl (C=O) groups is 2. The smallest absolute Gasteiger partial charge is 0.409 e. The van der Waals surface area contributed by atoms with E-state index in [1.165, 1.54) is 4.90 Å². The van der Waals surface area contributed by atoms with E-state index in [1.54, 1.807) is 14.2 Å². The first-order valence-electron chi connectivity index (χ1n) is 6.70. The number of unbranched alkanes of at least 4 members (excludes halogenated alkanes) is 1. The van der Waals surface area contributed by atoms with E-state index in [4.69, 9.17) is 9.47 Å². The van der Waals surface area contributed by atoms with Gasteiger partial charge in [-0.1, -0.05) is 0 Å². The Morgan fingerprint density at radius 3 is 2.21 bits per heavy atom. The second-order valence-corrected chi connectivity index (χ2v) is 5.58. The molecule has 0 atom stereocenters. The molecule has 0 aliphatic heterocycles. The van der Waals surface area contributed by atoms with Gasteiger partial charge in [0.15, 0.2) is 0 Å². The lowest BCUT2D eigenvalue weighted by atomic mass is 10.1. The Morgan fingerprint density at radius 2 is 1.68 bits per heavy atom. The number of methoxy groups -OCH3 is 1. The number of rotatable bonds is 8. The minimum Gasteiger partial charge on any atom is -0.449 e. The predicted molar refractivity (Wildman–Crippen MR) is 74.2 cm³/mol. The zero-order chi connectivity index (χ0) is 14.9. The Kier molecular flexibility index (Phi) is 8.39. The normalized spacial score (nSPS) is 11.2. The minimum atomic E-state index is -0.389. The van der Waals surface area contributed by atoms with E-state index < -0.39 is 0 Å². The van der Waals surface area contributed by atoms with E-state index in [1.807, 2.05) is 20.8 Å². The summed E-state index contributed by atoms with van der Waals surface area (Å²) in [4.78, 5) is 24.7. The number of Topliss-reactive ketones (excluding diaryl/α,β-unsaturated/α-hetero) is 1. The molecule has 0 saturated carbocycles. The molecule has 0 spiro atoms. The van der Waals surface area contributed by atoms with Gasteiger partial charge in [0.1, 0.15) is 12.4 Å². The molecule has 0 aromatic heterocycles. The number of carbonyl (C=O) groups excluding carboxylic acids is 2. The highest BCUT2D eigenvalue weighted by atomic mass is 16.6. The monoisotopic (exact) mass is 273 g/mol. The standard InChI is InChI=1S/C14H27NO4/c1-14(2,3)15(4)13(17)19-11-9-12(16)8-6-7-10-18-5/h6-11H2,1-5H3. The van der Waals surface area contributed by atoms with E-state index in [9.17, 15) is 9.59 Å². The van der Waals surface area contributed by atoms with Crippen LogP contribution in [0.1, 0.15) is 46.5 Å². The summed E-state index contributed by atoms with van der Waals surface area (Å²) in [5, 5.41) is 0. The third-order valence-corrected chi connectivity index (χ3v) is 2.94. The van der Waals surface area contributed by atoms with Gasteiger partial charge in [0.2, 0.25) is 0 Å². The maximum atomic E-state index is 11.6. The zero-order valence-electron chi connectivity index (χ0n) is 12.8. The van der Waals surface area contributed by atoms with Gasteiger partial charge in [0.05, 0.1) is 0 Å². The maximum Gasteiger partial charge on any atom is 0.409 e. The van der Waals surface area contributed by atoms with Crippen molar-refractivity contribution < 1.29 is 19.1 Å². The molecule has 0 bridgehead atoms. The molecule has 19 heavy (non-hydrogen) atoms. The molecule has 0 unspecified atom stereocenters. The van der Waals surface area contributed by atoms with Crippen LogP contribution in [0, 0.1) is 0 Å². The number of ether oxygens (including phenoxy) is 2. The quantitative estimate of drug-likeness (QED) is 0.638. The fourth-order valence-corrected chi connectivity index (χ4v) is 1.32. The first kappa shape index (κ1) is 17.9. The van der Waals surface area contributed by atoms with Crippen LogP contribution in [-0.4, -0.2) is 49.7 Å². The summed E-state index contributed by atoms with van der Waals surface area (Å²) in [6, 6.07) is 0. The average molecular weight is 273 g/mol. The van der Waals surface area contributed by atoms with E-state index in [-0.39, 0.29) is 30.4 Å². The van der Waals surface area contributed by atoms with Gasteiger partial charge in [-0.05, 0) is 33.6 Å². The fourth-order valence-electron chi connectivity index (χ4n) is 1.32. The number of nitrogens with zero attached hydrogens (tertiary/aromatic N) is 1. The summed E-state index contributed by atoms with van der Waals surface area (Å²) in [5.74, 6) is 0.127.